The highest BCUT2D eigenvalue weighted by Crippen LogP contribution is 2.21. The number of nitrogens with one attached hydrogen (secondary N) is 1. The Morgan fingerprint density at radius 2 is 2.07 bits per heavy atom. The van der Waals surface area contributed by atoms with Crippen LogP contribution in [0.4, 0.5) is 5.69 Å². The molecule has 29 heavy (non-hydrogen) atoms. The molecule has 4 rings (SSSR count). The lowest BCUT2D eigenvalue weighted by Crippen LogP contribution is -2.43. The first-order valence-corrected chi connectivity index (χ1v) is 10.4. The number of anilines is 1. The summed E-state index contributed by atoms with van der Waals surface area (Å²) in [6, 6.07) is 14.8. The van der Waals surface area contributed by atoms with Gasteiger partial charge in [-0.25, -0.2) is 0 Å². The van der Waals surface area contributed by atoms with E-state index in [4.69, 9.17) is 4.42 Å². The van der Waals surface area contributed by atoms with E-state index >= 15 is 0 Å². The quantitative estimate of drug-likeness (QED) is 0.665. The highest BCUT2D eigenvalue weighted by Gasteiger charge is 2.29. The minimum atomic E-state index is -0.247. The van der Waals surface area contributed by atoms with E-state index in [1.165, 1.54) is 6.26 Å². The second kappa shape index (κ2) is 8.80. The Morgan fingerprint density at radius 1 is 1.14 bits per heavy atom. The van der Waals surface area contributed by atoms with Crippen molar-refractivity contribution in [3.8, 4) is 11.8 Å². The van der Waals surface area contributed by atoms with Gasteiger partial charge in [0, 0.05) is 24.3 Å². The third kappa shape index (κ3) is 4.76. The van der Waals surface area contributed by atoms with Crippen LogP contribution >= 0.6 is 11.3 Å². The van der Waals surface area contributed by atoms with Crippen molar-refractivity contribution in [2.75, 3.05) is 18.4 Å². The maximum atomic E-state index is 12.8. The summed E-state index contributed by atoms with van der Waals surface area (Å²) in [6.07, 6.45) is 3.03. The fourth-order valence-electron chi connectivity index (χ4n) is 3.33. The number of carbonyl (C=O) groups excluding carboxylic acids is 2. The Kier molecular flexibility index (Phi) is 5.78. The number of furan rings is 1. The number of hydrogen-bond acceptors (Lipinski definition) is 4. The molecule has 3 aromatic rings. The Morgan fingerprint density at radius 3 is 2.86 bits per heavy atom. The summed E-state index contributed by atoms with van der Waals surface area (Å²) < 4.78 is 5.20. The summed E-state index contributed by atoms with van der Waals surface area (Å²) in [7, 11) is 0. The zero-order valence-electron chi connectivity index (χ0n) is 15.8. The monoisotopic (exact) mass is 404 g/mol. The smallest absolute Gasteiger partial charge is 0.289 e. The van der Waals surface area contributed by atoms with E-state index in [0.717, 1.165) is 23.3 Å². The van der Waals surface area contributed by atoms with Crippen LogP contribution in [0.3, 0.4) is 0 Å². The van der Waals surface area contributed by atoms with E-state index in [-0.39, 0.29) is 17.7 Å². The maximum Gasteiger partial charge on any atom is 0.289 e. The van der Waals surface area contributed by atoms with Crippen LogP contribution in [0.2, 0.25) is 0 Å². The average Bonchev–Trinajstić information content (AvgIpc) is 3.46. The van der Waals surface area contributed by atoms with Gasteiger partial charge in [-0.05, 0) is 54.6 Å². The summed E-state index contributed by atoms with van der Waals surface area (Å²) in [5, 5.41) is 4.96. The zero-order chi connectivity index (χ0) is 20.1. The molecule has 1 atom stereocenters. The van der Waals surface area contributed by atoms with E-state index in [2.05, 4.69) is 17.2 Å². The number of benzene rings is 1. The molecule has 0 saturated carbocycles. The van der Waals surface area contributed by atoms with Gasteiger partial charge in [0.05, 0.1) is 17.1 Å². The molecule has 1 fully saturated rings. The number of likely N-dealkylation sites (tertiary alicyclic amines) is 1. The summed E-state index contributed by atoms with van der Waals surface area (Å²) >= 11 is 1.59. The van der Waals surface area contributed by atoms with Crippen molar-refractivity contribution < 1.29 is 14.0 Å². The standard InChI is InChI=1S/C23H20N2O3S/c26-22(18-6-2-12-25(16-18)23(27)21-9-3-13-28-21)24-19-7-1-5-17(15-19)10-11-20-8-4-14-29-20/h1,3-5,7-9,13-15,18H,2,6,12,16H2,(H,24,26)/t18-/m0/s1. The van der Waals surface area contributed by atoms with Crippen molar-refractivity contribution in [3.63, 3.8) is 0 Å². The van der Waals surface area contributed by atoms with Crippen LogP contribution in [0.1, 0.15) is 33.8 Å². The molecule has 0 aliphatic carbocycles. The van der Waals surface area contributed by atoms with Crippen LogP contribution in [-0.4, -0.2) is 29.8 Å². The highest BCUT2D eigenvalue weighted by atomic mass is 32.1. The van der Waals surface area contributed by atoms with Crippen molar-refractivity contribution in [2.45, 2.75) is 12.8 Å². The summed E-state index contributed by atoms with van der Waals surface area (Å²) in [5.74, 6) is 6.06. The summed E-state index contributed by atoms with van der Waals surface area (Å²) in [4.78, 5) is 28.0. The molecule has 1 aliphatic heterocycles. The van der Waals surface area contributed by atoms with Gasteiger partial charge < -0.3 is 14.6 Å². The second-order valence-electron chi connectivity index (χ2n) is 6.86. The zero-order valence-corrected chi connectivity index (χ0v) is 16.6. The topological polar surface area (TPSA) is 62.6 Å². The lowest BCUT2D eigenvalue weighted by molar-refractivity contribution is -0.121. The van der Waals surface area contributed by atoms with Gasteiger partial charge >= 0.3 is 0 Å². The van der Waals surface area contributed by atoms with Gasteiger partial charge in [0.2, 0.25) is 5.91 Å². The highest BCUT2D eigenvalue weighted by molar-refractivity contribution is 7.10. The molecule has 0 spiro atoms. The van der Waals surface area contributed by atoms with Crippen LogP contribution in [0, 0.1) is 17.8 Å². The molecule has 0 bridgehead atoms. The second-order valence-corrected chi connectivity index (χ2v) is 7.81. The van der Waals surface area contributed by atoms with Gasteiger partial charge in [-0.2, -0.15) is 0 Å². The Hall–Kier alpha value is -3.30. The molecule has 0 unspecified atom stereocenters. The van der Waals surface area contributed by atoms with E-state index in [0.29, 0.717) is 24.5 Å². The molecule has 1 aromatic carbocycles. The van der Waals surface area contributed by atoms with Gasteiger partial charge in [0.25, 0.3) is 5.91 Å². The minimum Gasteiger partial charge on any atom is -0.459 e. The molecule has 146 valence electrons. The molecule has 3 heterocycles. The molecule has 1 N–H and O–H groups in total. The van der Waals surface area contributed by atoms with Crippen molar-refractivity contribution in [1.82, 2.24) is 4.90 Å². The third-order valence-corrected chi connectivity index (χ3v) is 5.58. The van der Waals surface area contributed by atoms with E-state index < -0.39 is 0 Å². The minimum absolute atomic E-state index is 0.0784. The summed E-state index contributed by atoms with van der Waals surface area (Å²) in [5.41, 5.74) is 1.55. The largest absolute Gasteiger partial charge is 0.459 e. The first-order chi connectivity index (χ1) is 14.2. The Bertz CT molecular complexity index is 1050. The number of carbonyl (C=O) groups is 2. The first-order valence-electron chi connectivity index (χ1n) is 9.48. The van der Waals surface area contributed by atoms with Gasteiger partial charge in [-0.1, -0.05) is 24.0 Å². The molecule has 5 nitrogen and oxygen atoms in total. The van der Waals surface area contributed by atoms with Gasteiger partial charge in [0.15, 0.2) is 5.76 Å². The van der Waals surface area contributed by atoms with Crippen molar-refractivity contribution in [1.29, 1.82) is 0 Å². The molecule has 1 saturated heterocycles. The molecular weight excluding hydrogens is 384 g/mol. The van der Waals surface area contributed by atoms with Gasteiger partial charge in [0.1, 0.15) is 0 Å². The normalized spacial score (nSPS) is 16.0. The third-order valence-electron chi connectivity index (χ3n) is 4.79. The van der Waals surface area contributed by atoms with Gasteiger partial charge in [-0.15, -0.1) is 11.3 Å². The predicted octanol–water partition coefficient (Wildman–Crippen LogP) is 4.23. The maximum absolute atomic E-state index is 12.8. The first kappa shape index (κ1) is 19.0. The van der Waals surface area contributed by atoms with Crippen molar-refractivity contribution in [3.05, 3.63) is 76.4 Å². The molecule has 6 heteroatoms. The Labute approximate surface area is 173 Å². The van der Waals surface area contributed by atoms with E-state index in [1.807, 2.05) is 41.8 Å². The van der Waals surface area contributed by atoms with E-state index in [1.54, 1.807) is 28.4 Å². The molecule has 0 radical (unpaired) electrons. The van der Waals surface area contributed by atoms with Crippen LogP contribution in [0.15, 0.2) is 64.6 Å². The van der Waals surface area contributed by atoms with Crippen LogP contribution in [0.25, 0.3) is 0 Å². The van der Waals surface area contributed by atoms with Gasteiger partial charge in [-0.3, -0.25) is 9.59 Å². The number of hydrogen-bond donors (Lipinski definition) is 1. The van der Waals surface area contributed by atoms with Crippen molar-refractivity contribution in [2.24, 2.45) is 5.92 Å². The molecule has 1 aliphatic rings. The lowest BCUT2D eigenvalue weighted by Gasteiger charge is -2.31. The number of thiophene rings is 1. The SMILES string of the molecule is O=C(Nc1cccc(C#Cc2cccs2)c1)[C@H]1CCCN(C(=O)c2ccco2)C1. The molecule has 2 aromatic heterocycles. The fourth-order valence-corrected chi connectivity index (χ4v) is 3.91. The predicted molar refractivity (Wildman–Crippen MR) is 113 cm³/mol. The van der Waals surface area contributed by atoms with Crippen molar-refractivity contribution >= 4 is 28.8 Å². The average molecular weight is 404 g/mol. The molecular formula is C23H20N2O3S. The van der Waals surface area contributed by atoms with Crippen LogP contribution in [0.5, 0.6) is 0 Å². The summed E-state index contributed by atoms with van der Waals surface area (Å²) in [6.45, 7) is 1.03. The number of amides is 2. The fraction of sp³-hybridized carbons (Fsp3) is 0.217. The number of rotatable bonds is 3. The number of piperidine rings is 1. The van der Waals surface area contributed by atoms with Crippen LogP contribution < -0.4 is 5.32 Å². The Balaban J connectivity index is 1.40. The number of nitrogens with zero attached hydrogens (tertiary/aromatic N) is 1. The molecule has 2 amide bonds. The van der Waals surface area contributed by atoms with E-state index in [9.17, 15) is 9.59 Å². The lowest BCUT2D eigenvalue weighted by atomic mass is 9.96. The van der Waals surface area contributed by atoms with Crippen LogP contribution in [-0.2, 0) is 4.79 Å².